The number of phenols is 10. The van der Waals surface area contributed by atoms with Crippen LogP contribution in [0, 0.1) is 0 Å². The number of methoxy groups -OCH3 is 4. The minimum absolute atomic E-state index is 0.0315. The summed E-state index contributed by atoms with van der Waals surface area (Å²) < 4.78 is 54.6. The average Bonchev–Trinajstić information content (AvgIpc) is 3.34. The molecule has 1 saturated heterocycles. The van der Waals surface area contributed by atoms with Gasteiger partial charge in [-0.1, -0.05) is 6.92 Å². The minimum atomic E-state index is -2.42. The van der Waals surface area contributed by atoms with Crippen LogP contribution < -0.4 is 18.9 Å². The predicted molar refractivity (Wildman–Crippen MR) is 236 cm³/mol. The first-order valence-electron chi connectivity index (χ1n) is 20.8. The molecule has 5 atom stereocenters. The molecule has 10 N–H and O–H groups in total. The van der Waals surface area contributed by atoms with Gasteiger partial charge in [-0.05, 0) is 72.6 Å². The first-order valence-corrected chi connectivity index (χ1v) is 20.8. The summed E-state index contributed by atoms with van der Waals surface area (Å²) in [4.78, 5) is 70.2. The number of hydrogen-bond acceptors (Lipinski definition) is 25. The molecule has 382 valence electrons. The molecule has 5 aromatic carbocycles. The number of carbonyl (C=O) groups excluding carboxylic acids is 5. The number of esters is 5. The van der Waals surface area contributed by atoms with Gasteiger partial charge in [0.1, 0.15) is 12.7 Å². The molecule has 25 heteroatoms. The first kappa shape index (κ1) is 52.0. The maximum Gasteiger partial charge on any atom is 0.340 e. The smallest absolute Gasteiger partial charge is 0.340 e. The summed E-state index contributed by atoms with van der Waals surface area (Å²) in [5, 5.41) is 104. The molecule has 1 aliphatic rings. The summed E-state index contributed by atoms with van der Waals surface area (Å²) in [6.07, 6.45) is -11.4. The fourth-order valence-corrected chi connectivity index (χ4v) is 7.15. The van der Waals surface area contributed by atoms with E-state index in [0.717, 1.165) is 83.0 Å². The van der Waals surface area contributed by atoms with Crippen LogP contribution in [0.3, 0.4) is 0 Å². The highest BCUT2D eigenvalue weighted by molar-refractivity contribution is 5.94. The number of benzene rings is 5. The lowest BCUT2D eigenvalue weighted by atomic mass is 9.97. The first-order chi connectivity index (χ1) is 34.1. The van der Waals surface area contributed by atoms with E-state index in [1.165, 1.54) is 0 Å². The molecule has 25 nitrogen and oxygen atoms in total. The molecule has 1 aliphatic heterocycles. The van der Waals surface area contributed by atoms with Gasteiger partial charge in [0.2, 0.25) is 35.4 Å². The maximum atomic E-state index is 14.3. The molecule has 0 spiro atoms. The van der Waals surface area contributed by atoms with Crippen molar-refractivity contribution in [2.45, 2.75) is 44.1 Å². The van der Waals surface area contributed by atoms with Gasteiger partial charge in [0.15, 0.2) is 69.7 Å². The van der Waals surface area contributed by atoms with Gasteiger partial charge in [0.25, 0.3) is 0 Å². The number of phenolic OH excluding ortho intramolecular Hbond substituents is 10. The molecule has 5 unspecified atom stereocenters. The summed E-state index contributed by atoms with van der Waals surface area (Å²) >= 11 is 0. The third-order valence-corrected chi connectivity index (χ3v) is 10.7. The zero-order valence-corrected chi connectivity index (χ0v) is 38.2. The van der Waals surface area contributed by atoms with Crippen LogP contribution >= 0.6 is 0 Å². The second-order valence-electron chi connectivity index (χ2n) is 15.2. The van der Waals surface area contributed by atoms with E-state index in [1.807, 2.05) is 0 Å². The molecule has 0 saturated carbocycles. The average molecular weight is 1010 g/mol. The van der Waals surface area contributed by atoms with Gasteiger partial charge in [-0.15, -0.1) is 0 Å². The molecule has 72 heavy (non-hydrogen) atoms. The molecular formula is C47H44O25. The molecule has 5 aromatic rings. The second kappa shape index (κ2) is 21.5. The SMILES string of the molecule is CCc1cc(C(=O)OC2C(COC(=O)c3cc(O)c(O)c(OC)c3)OC(OC(=O)c3cc(O)c(OC)c(O)c3)C(OC(=O)c3cc(O)c(O)c(OC)c3)C2OC(=O)c2cc(O)c(OC)c(O)c2)cc(O)c1O. The van der Waals surface area contributed by atoms with Crippen LogP contribution in [0.1, 0.15) is 64.3 Å². The lowest BCUT2D eigenvalue weighted by Crippen LogP contribution is -2.63. The number of ether oxygens (including phenoxy) is 10. The molecule has 0 amide bonds. The van der Waals surface area contributed by atoms with Crippen molar-refractivity contribution in [1.82, 2.24) is 0 Å². The van der Waals surface area contributed by atoms with Crippen LogP contribution in [-0.2, 0) is 34.8 Å². The van der Waals surface area contributed by atoms with Crippen molar-refractivity contribution >= 4 is 29.8 Å². The van der Waals surface area contributed by atoms with E-state index in [9.17, 15) is 75.0 Å². The van der Waals surface area contributed by atoms with Crippen molar-refractivity contribution in [3.63, 3.8) is 0 Å². The zero-order valence-electron chi connectivity index (χ0n) is 38.2. The molecule has 0 bridgehead atoms. The quantitative estimate of drug-likeness (QED) is 0.0382. The Morgan fingerprint density at radius 2 is 0.792 bits per heavy atom. The number of carbonyl (C=O) groups is 5. The van der Waals surface area contributed by atoms with Gasteiger partial charge in [-0.2, -0.15) is 0 Å². The Labute approximate surface area is 405 Å². The van der Waals surface area contributed by atoms with E-state index >= 15 is 0 Å². The van der Waals surface area contributed by atoms with Gasteiger partial charge in [0.05, 0.1) is 56.3 Å². The lowest BCUT2D eigenvalue weighted by molar-refractivity contribution is -0.282. The summed E-state index contributed by atoms with van der Waals surface area (Å²) in [6.45, 7) is 0.455. The van der Waals surface area contributed by atoms with E-state index in [1.54, 1.807) is 6.92 Å². The Hall–Kier alpha value is -9.39. The Kier molecular flexibility index (Phi) is 15.5. The second-order valence-corrected chi connectivity index (χ2v) is 15.2. The summed E-state index contributed by atoms with van der Waals surface area (Å²) in [5.41, 5.74) is -2.77. The normalized spacial score (nSPS) is 17.2. The van der Waals surface area contributed by atoms with Crippen LogP contribution in [0.25, 0.3) is 0 Å². The Bertz CT molecular complexity index is 2880. The van der Waals surface area contributed by atoms with Gasteiger partial charge < -0.3 is 98.4 Å². The van der Waals surface area contributed by atoms with Crippen LogP contribution in [0.2, 0.25) is 0 Å². The van der Waals surface area contributed by atoms with Crippen molar-refractivity contribution < 1.29 is 122 Å². The maximum absolute atomic E-state index is 14.3. The Morgan fingerprint density at radius 3 is 1.22 bits per heavy atom. The van der Waals surface area contributed by atoms with Crippen molar-refractivity contribution in [2.24, 2.45) is 0 Å². The van der Waals surface area contributed by atoms with Crippen LogP contribution in [0.4, 0.5) is 0 Å². The summed E-state index contributed by atoms with van der Waals surface area (Å²) in [7, 11) is 4.34. The number of aromatic hydroxyl groups is 10. The van der Waals surface area contributed by atoms with E-state index in [-0.39, 0.29) is 17.7 Å². The van der Waals surface area contributed by atoms with Crippen molar-refractivity contribution in [1.29, 1.82) is 0 Å². The van der Waals surface area contributed by atoms with E-state index < -0.39 is 170 Å². The molecule has 6 rings (SSSR count). The van der Waals surface area contributed by atoms with Crippen molar-refractivity contribution in [3.8, 4) is 80.5 Å². The number of rotatable bonds is 16. The number of aryl methyl sites for hydroxylation is 1. The monoisotopic (exact) mass is 1010 g/mol. The van der Waals surface area contributed by atoms with Crippen molar-refractivity contribution in [3.05, 3.63) is 94.0 Å². The topological polar surface area (TPSA) is 380 Å². The third kappa shape index (κ3) is 10.7. The Balaban J connectivity index is 1.55. The van der Waals surface area contributed by atoms with E-state index in [2.05, 4.69) is 0 Å². The van der Waals surface area contributed by atoms with Crippen LogP contribution in [-0.4, -0.2) is 147 Å². The molecule has 1 heterocycles. The Morgan fingerprint density at radius 1 is 0.431 bits per heavy atom. The molecule has 0 aromatic heterocycles. The van der Waals surface area contributed by atoms with Gasteiger partial charge in [0, 0.05) is 0 Å². The van der Waals surface area contributed by atoms with Gasteiger partial charge in [-0.3, -0.25) is 0 Å². The van der Waals surface area contributed by atoms with Gasteiger partial charge >= 0.3 is 29.8 Å². The standard InChI is InChI=1S/C47H44O25/c1-6-18-7-19(8-24(48)34(18)55)43(59)69-39-33(17-67-42(58)22-9-25(49)35(56)31(15-22)63-2)68-47(72-46(62)21-13-29(53)38(66-5)30(54)14-21)41(71-45(61)23-10-26(50)36(57)32(16-23)64-3)40(39)70-44(60)20-11-27(51)37(65-4)28(52)12-20/h7-16,33,39-41,47-57H,6,17H2,1-5H3. The van der Waals surface area contributed by atoms with Gasteiger partial charge in [-0.25, -0.2) is 24.0 Å². The number of hydrogen-bond donors (Lipinski definition) is 10. The fraction of sp³-hybridized carbons (Fsp3) is 0.255. The highest BCUT2D eigenvalue weighted by Gasteiger charge is 2.55. The van der Waals surface area contributed by atoms with Crippen LogP contribution in [0.15, 0.2) is 60.7 Å². The largest absolute Gasteiger partial charge is 0.504 e. The molecule has 0 radical (unpaired) electrons. The van der Waals surface area contributed by atoms with E-state index in [0.29, 0.717) is 6.07 Å². The predicted octanol–water partition coefficient (Wildman–Crippen LogP) is 3.75. The summed E-state index contributed by atoms with van der Waals surface area (Å²) in [5.74, 6) is -16.9. The minimum Gasteiger partial charge on any atom is -0.504 e. The highest BCUT2D eigenvalue weighted by atomic mass is 16.7. The lowest BCUT2D eigenvalue weighted by Gasteiger charge is -2.44. The third-order valence-electron chi connectivity index (χ3n) is 10.7. The van der Waals surface area contributed by atoms with E-state index in [4.69, 9.17) is 47.4 Å². The molecular weight excluding hydrogens is 964 g/mol. The molecule has 0 aliphatic carbocycles. The highest BCUT2D eigenvalue weighted by Crippen LogP contribution is 2.42. The molecule has 1 fully saturated rings. The van der Waals surface area contributed by atoms with Crippen molar-refractivity contribution in [2.75, 3.05) is 35.0 Å². The zero-order chi connectivity index (χ0) is 52.9. The fourth-order valence-electron chi connectivity index (χ4n) is 7.15. The summed E-state index contributed by atoms with van der Waals surface area (Å²) in [6, 6.07) is 8.30. The van der Waals surface area contributed by atoms with Crippen LogP contribution in [0.5, 0.6) is 80.5 Å².